The average Bonchev–Trinajstić information content (AvgIpc) is 2.70. The molecule has 0 aliphatic heterocycles. The Labute approximate surface area is 162 Å². The molecule has 2 heterocycles. The van der Waals surface area contributed by atoms with E-state index in [1.165, 1.54) is 10.6 Å². The van der Waals surface area contributed by atoms with Gasteiger partial charge in [-0.1, -0.05) is 12.1 Å². The highest BCUT2D eigenvalue weighted by Gasteiger charge is 2.17. The summed E-state index contributed by atoms with van der Waals surface area (Å²) in [4.78, 5) is 29.4. The van der Waals surface area contributed by atoms with Crippen molar-refractivity contribution in [2.75, 3.05) is 13.2 Å². The molecular formula is C21H23N3O4. The van der Waals surface area contributed by atoms with Crippen molar-refractivity contribution in [2.45, 2.75) is 26.8 Å². The average molecular weight is 381 g/mol. The fourth-order valence-corrected chi connectivity index (χ4v) is 2.88. The number of hydrogen-bond donors (Lipinski definition) is 1. The molecule has 0 saturated heterocycles. The first-order valence-corrected chi connectivity index (χ1v) is 9.22. The number of carbonyl (C=O) groups is 1. The van der Waals surface area contributed by atoms with Crippen LogP contribution in [-0.4, -0.2) is 28.5 Å². The monoisotopic (exact) mass is 381 g/mol. The SMILES string of the molecule is CCOc1ccc(C(C)NC(=O)c2cnc3ccccn3c2=O)cc1OCC. The van der Waals surface area contributed by atoms with Gasteiger partial charge >= 0.3 is 0 Å². The third-order valence-electron chi connectivity index (χ3n) is 4.27. The van der Waals surface area contributed by atoms with Crippen LogP contribution in [0.4, 0.5) is 0 Å². The van der Waals surface area contributed by atoms with Gasteiger partial charge in [0.15, 0.2) is 11.5 Å². The summed E-state index contributed by atoms with van der Waals surface area (Å²) in [6.07, 6.45) is 2.90. The van der Waals surface area contributed by atoms with Crippen molar-refractivity contribution in [1.82, 2.24) is 14.7 Å². The number of carbonyl (C=O) groups excluding carboxylic acids is 1. The lowest BCUT2D eigenvalue weighted by molar-refractivity contribution is 0.0937. The van der Waals surface area contributed by atoms with Gasteiger partial charge in [0.05, 0.1) is 19.3 Å². The third-order valence-corrected chi connectivity index (χ3v) is 4.27. The van der Waals surface area contributed by atoms with Crippen molar-refractivity contribution < 1.29 is 14.3 Å². The van der Waals surface area contributed by atoms with Crippen LogP contribution in [0.3, 0.4) is 0 Å². The number of nitrogens with one attached hydrogen (secondary N) is 1. The van der Waals surface area contributed by atoms with Gasteiger partial charge < -0.3 is 14.8 Å². The van der Waals surface area contributed by atoms with Crippen LogP contribution in [0.15, 0.2) is 53.6 Å². The molecule has 0 bridgehead atoms. The molecule has 7 heteroatoms. The van der Waals surface area contributed by atoms with Crippen LogP contribution in [0, 0.1) is 0 Å². The van der Waals surface area contributed by atoms with Gasteiger partial charge in [0.25, 0.3) is 11.5 Å². The molecule has 0 fully saturated rings. The standard InChI is InChI=1S/C21H23N3O4/c1-4-27-17-10-9-15(12-18(17)28-5-2)14(3)23-20(25)16-13-22-19-8-6-7-11-24(19)21(16)26/h6-14H,4-5H2,1-3H3,(H,23,25). The van der Waals surface area contributed by atoms with Crippen LogP contribution >= 0.6 is 0 Å². The molecule has 1 atom stereocenters. The van der Waals surface area contributed by atoms with Gasteiger partial charge in [-0.15, -0.1) is 0 Å². The highest BCUT2D eigenvalue weighted by atomic mass is 16.5. The zero-order valence-corrected chi connectivity index (χ0v) is 16.1. The molecule has 0 aliphatic carbocycles. The van der Waals surface area contributed by atoms with Crippen LogP contribution in [0.5, 0.6) is 11.5 Å². The Morgan fingerprint density at radius 3 is 2.64 bits per heavy atom. The fraction of sp³-hybridized carbons (Fsp3) is 0.286. The van der Waals surface area contributed by atoms with E-state index in [2.05, 4.69) is 10.3 Å². The number of nitrogens with zero attached hydrogens (tertiary/aromatic N) is 2. The molecule has 1 unspecified atom stereocenters. The molecule has 3 rings (SSSR count). The van der Waals surface area contributed by atoms with E-state index in [1.54, 1.807) is 24.4 Å². The zero-order chi connectivity index (χ0) is 20.1. The highest BCUT2D eigenvalue weighted by molar-refractivity contribution is 5.94. The summed E-state index contributed by atoms with van der Waals surface area (Å²) >= 11 is 0. The molecule has 0 saturated carbocycles. The largest absolute Gasteiger partial charge is 0.490 e. The third kappa shape index (κ3) is 3.98. The number of benzene rings is 1. The van der Waals surface area contributed by atoms with Crippen LogP contribution in [0.25, 0.3) is 5.65 Å². The van der Waals surface area contributed by atoms with Crippen LogP contribution in [0.2, 0.25) is 0 Å². The minimum Gasteiger partial charge on any atom is -0.490 e. The first kappa shape index (κ1) is 19.4. The van der Waals surface area contributed by atoms with Crippen LogP contribution in [-0.2, 0) is 0 Å². The molecule has 1 aromatic carbocycles. The molecule has 0 aliphatic rings. The Morgan fingerprint density at radius 2 is 1.89 bits per heavy atom. The van der Waals surface area contributed by atoms with Crippen molar-refractivity contribution in [3.8, 4) is 11.5 Å². The second-order valence-corrected chi connectivity index (χ2v) is 6.17. The number of ether oxygens (including phenoxy) is 2. The molecule has 2 aromatic heterocycles. The first-order chi connectivity index (χ1) is 13.5. The molecule has 0 spiro atoms. The minimum absolute atomic E-state index is 0.00785. The lowest BCUT2D eigenvalue weighted by Crippen LogP contribution is -2.33. The Hall–Kier alpha value is -3.35. The second kappa shape index (κ2) is 8.56. The van der Waals surface area contributed by atoms with Gasteiger partial charge in [-0.3, -0.25) is 14.0 Å². The van der Waals surface area contributed by atoms with Crippen molar-refractivity contribution in [3.05, 3.63) is 70.3 Å². The maximum Gasteiger partial charge on any atom is 0.270 e. The molecule has 28 heavy (non-hydrogen) atoms. The van der Waals surface area contributed by atoms with Crippen LogP contribution < -0.4 is 20.3 Å². The Morgan fingerprint density at radius 1 is 1.14 bits per heavy atom. The number of hydrogen-bond acceptors (Lipinski definition) is 5. The summed E-state index contributed by atoms with van der Waals surface area (Å²) in [6, 6.07) is 10.4. The molecule has 1 N–H and O–H groups in total. The van der Waals surface area contributed by atoms with E-state index in [1.807, 2.05) is 39.0 Å². The lowest BCUT2D eigenvalue weighted by Gasteiger charge is -2.17. The lowest BCUT2D eigenvalue weighted by atomic mass is 10.1. The van der Waals surface area contributed by atoms with Crippen molar-refractivity contribution in [2.24, 2.45) is 0 Å². The van der Waals surface area contributed by atoms with Gasteiger partial charge in [0.1, 0.15) is 11.2 Å². The molecule has 1 amide bonds. The van der Waals surface area contributed by atoms with E-state index < -0.39 is 11.5 Å². The van der Waals surface area contributed by atoms with E-state index in [0.29, 0.717) is 30.4 Å². The van der Waals surface area contributed by atoms with Crippen molar-refractivity contribution in [3.63, 3.8) is 0 Å². The maximum atomic E-state index is 12.7. The quantitative estimate of drug-likeness (QED) is 0.680. The van der Waals surface area contributed by atoms with Gasteiger partial charge in [0.2, 0.25) is 0 Å². The normalized spacial score (nSPS) is 11.8. The van der Waals surface area contributed by atoms with Crippen molar-refractivity contribution >= 4 is 11.6 Å². The number of amides is 1. The van der Waals surface area contributed by atoms with E-state index in [4.69, 9.17) is 9.47 Å². The van der Waals surface area contributed by atoms with Gasteiger partial charge in [-0.05, 0) is 50.6 Å². The molecule has 0 radical (unpaired) electrons. The zero-order valence-electron chi connectivity index (χ0n) is 16.1. The maximum absolute atomic E-state index is 12.7. The summed E-state index contributed by atoms with van der Waals surface area (Å²) in [5.41, 5.74) is 0.919. The van der Waals surface area contributed by atoms with E-state index in [0.717, 1.165) is 5.56 Å². The number of rotatable bonds is 7. The Balaban J connectivity index is 1.83. The summed E-state index contributed by atoms with van der Waals surface area (Å²) in [5, 5.41) is 2.85. The summed E-state index contributed by atoms with van der Waals surface area (Å²) in [5.74, 6) is 0.800. The first-order valence-electron chi connectivity index (χ1n) is 9.22. The van der Waals surface area contributed by atoms with Gasteiger partial charge in [0, 0.05) is 12.4 Å². The predicted octanol–water partition coefficient (Wildman–Crippen LogP) is 2.98. The smallest absolute Gasteiger partial charge is 0.270 e. The topological polar surface area (TPSA) is 81.9 Å². The van der Waals surface area contributed by atoms with E-state index >= 15 is 0 Å². The molecule has 146 valence electrons. The van der Waals surface area contributed by atoms with E-state index in [-0.39, 0.29) is 11.6 Å². The minimum atomic E-state index is -0.477. The van der Waals surface area contributed by atoms with Crippen LogP contribution in [0.1, 0.15) is 42.7 Å². The fourth-order valence-electron chi connectivity index (χ4n) is 2.88. The van der Waals surface area contributed by atoms with Crippen molar-refractivity contribution in [1.29, 1.82) is 0 Å². The predicted molar refractivity (Wildman–Crippen MR) is 106 cm³/mol. The summed E-state index contributed by atoms with van der Waals surface area (Å²) < 4.78 is 12.6. The second-order valence-electron chi connectivity index (χ2n) is 6.17. The summed E-state index contributed by atoms with van der Waals surface area (Å²) in [7, 11) is 0. The Kier molecular flexibility index (Phi) is 5.93. The number of pyridine rings is 1. The Bertz CT molecular complexity index is 1050. The molecule has 3 aromatic rings. The molecule has 7 nitrogen and oxygen atoms in total. The highest BCUT2D eigenvalue weighted by Crippen LogP contribution is 2.30. The number of fused-ring (bicyclic) bond motifs is 1. The van der Waals surface area contributed by atoms with Gasteiger partial charge in [-0.2, -0.15) is 0 Å². The van der Waals surface area contributed by atoms with E-state index in [9.17, 15) is 9.59 Å². The molecular weight excluding hydrogens is 358 g/mol. The van der Waals surface area contributed by atoms with Gasteiger partial charge in [-0.25, -0.2) is 4.98 Å². The number of aromatic nitrogens is 2. The summed E-state index contributed by atoms with van der Waals surface area (Å²) in [6.45, 7) is 6.68.